The minimum Gasteiger partial charge on any atom is -0.375 e. The van der Waals surface area contributed by atoms with E-state index in [1.165, 1.54) is 37.7 Å². The number of benzene rings is 1. The maximum atomic E-state index is 13.6. The average Bonchev–Trinajstić information content (AvgIpc) is 3.70. The molecule has 4 aliphatic rings. The first-order chi connectivity index (χ1) is 19.6. The Labute approximate surface area is 250 Å². The molecular formula is C32H48N4O2S2. The number of hydrogen-bond acceptors (Lipinski definition) is 5. The number of carbonyl (C=O) groups is 2. The number of carbonyl (C=O) groups excluding carboxylic acids is 2. The van der Waals surface area contributed by atoms with Crippen LogP contribution in [0.15, 0.2) is 30.3 Å². The van der Waals surface area contributed by atoms with Gasteiger partial charge in [0.15, 0.2) is 0 Å². The molecule has 40 heavy (non-hydrogen) atoms. The molecule has 0 unspecified atom stereocenters. The van der Waals surface area contributed by atoms with E-state index in [1.807, 2.05) is 4.90 Å². The summed E-state index contributed by atoms with van der Waals surface area (Å²) in [5, 5.41) is 7.01. The minimum atomic E-state index is -0.376. The topological polar surface area (TPSA) is 64.7 Å². The molecular weight excluding hydrogens is 537 g/mol. The van der Waals surface area contributed by atoms with Crippen molar-refractivity contribution in [2.45, 2.75) is 108 Å². The Hall–Kier alpha value is -1.64. The number of likely N-dealkylation sites (tertiary alicyclic amines) is 1. The lowest BCUT2D eigenvalue weighted by atomic mass is 9.85. The third-order valence-electron chi connectivity index (χ3n) is 9.58. The van der Waals surface area contributed by atoms with Crippen molar-refractivity contribution in [1.29, 1.82) is 0 Å². The fourth-order valence-electron chi connectivity index (χ4n) is 7.08. The molecule has 6 nitrogen and oxygen atoms in total. The monoisotopic (exact) mass is 584 g/mol. The zero-order valence-electron chi connectivity index (χ0n) is 24.0. The second kappa shape index (κ2) is 15.0. The number of amides is 2. The second-order valence-electron chi connectivity index (χ2n) is 12.5. The molecule has 2 N–H and O–H groups in total. The highest BCUT2D eigenvalue weighted by Gasteiger charge is 2.39. The van der Waals surface area contributed by atoms with Gasteiger partial charge in [-0.05, 0) is 50.0 Å². The normalized spacial score (nSPS) is 24.2. The first kappa shape index (κ1) is 29.8. The predicted octanol–water partition coefficient (Wildman–Crippen LogP) is 5.51. The number of thiocarbonyl (C=S) groups is 1. The summed E-state index contributed by atoms with van der Waals surface area (Å²) in [5.74, 6) is 2.31. The van der Waals surface area contributed by atoms with Gasteiger partial charge in [-0.1, -0.05) is 87.5 Å². The predicted molar refractivity (Wildman–Crippen MR) is 168 cm³/mol. The van der Waals surface area contributed by atoms with Crippen LogP contribution < -0.4 is 10.6 Å². The van der Waals surface area contributed by atoms with E-state index in [-0.39, 0.29) is 29.8 Å². The highest BCUT2D eigenvalue weighted by atomic mass is 32.2. The third-order valence-corrected chi connectivity index (χ3v) is 11.0. The number of hydrogen-bond donors (Lipinski definition) is 2. The summed E-state index contributed by atoms with van der Waals surface area (Å²) < 4.78 is 0. The molecule has 4 fully saturated rings. The lowest BCUT2D eigenvalue weighted by Gasteiger charge is -2.35. The summed E-state index contributed by atoms with van der Waals surface area (Å²) in [4.78, 5) is 32.0. The summed E-state index contributed by atoms with van der Waals surface area (Å²) in [7, 11) is 0. The van der Waals surface area contributed by atoms with Crippen LogP contribution in [-0.2, 0) is 16.1 Å². The van der Waals surface area contributed by atoms with Crippen molar-refractivity contribution < 1.29 is 9.59 Å². The zero-order chi connectivity index (χ0) is 27.7. The van der Waals surface area contributed by atoms with Gasteiger partial charge in [-0.3, -0.25) is 14.5 Å². The van der Waals surface area contributed by atoms with Crippen LogP contribution in [-0.4, -0.2) is 69.4 Å². The molecule has 2 aliphatic heterocycles. The van der Waals surface area contributed by atoms with Crippen molar-refractivity contribution in [2.24, 2.45) is 11.8 Å². The lowest BCUT2D eigenvalue weighted by Crippen LogP contribution is -2.55. The standard InChI is InChI=1S/C32H48N4O2S2/c37-30(29-22-40-23-36(29)32(38)26-13-7-8-14-26)34-28(16-15-24-9-3-1-4-10-24)31(39)33-27-17-19-35(20-18-27)21-25-11-5-2-6-12-25/h2,5-6,11-12,24,26-29H,1,3-4,7-10,13-23H2,(H,33,39)(H,34,37)/t28-,29+/m1/s1. The highest BCUT2D eigenvalue weighted by Crippen LogP contribution is 2.31. The number of thioether (sulfide) groups is 1. The Morgan fingerprint density at radius 2 is 1.65 bits per heavy atom. The molecule has 0 spiro atoms. The number of piperidine rings is 1. The molecule has 2 amide bonds. The van der Waals surface area contributed by atoms with Gasteiger partial charge in [0.2, 0.25) is 11.8 Å². The quantitative estimate of drug-likeness (QED) is 0.354. The Morgan fingerprint density at radius 3 is 2.38 bits per heavy atom. The fraction of sp³-hybridized carbons (Fsp3) is 0.719. The van der Waals surface area contributed by atoms with E-state index in [9.17, 15) is 9.59 Å². The summed E-state index contributed by atoms with van der Waals surface area (Å²) in [5.41, 5.74) is 1.36. The maximum absolute atomic E-state index is 13.6. The van der Waals surface area contributed by atoms with Crippen LogP contribution in [0.5, 0.6) is 0 Å². The summed E-state index contributed by atoms with van der Waals surface area (Å²) in [6, 6.07) is 10.5. The zero-order valence-corrected chi connectivity index (χ0v) is 25.7. The second-order valence-corrected chi connectivity index (χ2v) is 13.9. The molecule has 2 aliphatic carbocycles. The molecule has 1 aromatic carbocycles. The van der Waals surface area contributed by atoms with Gasteiger partial charge >= 0.3 is 0 Å². The van der Waals surface area contributed by atoms with E-state index in [0.29, 0.717) is 17.7 Å². The van der Waals surface area contributed by atoms with Crippen molar-refractivity contribution >= 4 is 40.8 Å². The molecule has 2 atom stereocenters. The maximum Gasteiger partial charge on any atom is 0.244 e. The van der Waals surface area contributed by atoms with E-state index in [4.69, 9.17) is 12.2 Å². The molecule has 5 rings (SSSR count). The van der Waals surface area contributed by atoms with Crippen LogP contribution in [0.3, 0.4) is 0 Å². The lowest BCUT2D eigenvalue weighted by molar-refractivity contribution is -0.141. The van der Waals surface area contributed by atoms with Crippen LogP contribution in [0.1, 0.15) is 89.0 Å². The molecule has 220 valence electrons. The van der Waals surface area contributed by atoms with Crippen molar-refractivity contribution in [3.8, 4) is 0 Å². The van der Waals surface area contributed by atoms with Gasteiger partial charge in [0.1, 0.15) is 6.04 Å². The smallest absolute Gasteiger partial charge is 0.244 e. The Morgan fingerprint density at radius 1 is 0.950 bits per heavy atom. The SMILES string of the molecule is O=C(N[C@H](CCC1CCCCC1)C(=S)NC1CCN(Cc2ccccc2)CC1)[C@@H]1CSCN1C(=O)C1CCCC1. The van der Waals surface area contributed by atoms with Gasteiger partial charge in [0, 0.05) is 37.3 Å². The van der Waals surface area contributed by atoms with E-state index < -0.39 is 0 Å². The number of nitrogens with one attached hydrogen (secondary N) is 2. The number of rotatable bonds is 10. The average molecular weight is 585 g/mol. The molecule has 2 saturated heterocycles. The Bertz CT molecular complexity index is 972. The summed E-state index contributed by atoms with van der Waals surface area (Å²) in [6.45, 7) is 3.09. The Kier molecular flexibility index (Phi) is 11.2. The minimum absolute atomic E-state index is 0.0215. The molecule has 1 aromatic rings. The van der Waals surface area contributed by atoms with Gasteiger partial charge in [0.05, 0.1) is 16.9 Å². The van der Waals surface area contributed by atoms with E-state index in [0.717, 1.165) is 81.9 Å². The van der Waals surface area contributed by atoms with E-state index in [1.54, 1.807) is 11.8 Å². The molecule has 8 heteroatoms. The van der Waals surface area contributed by atoms with Crippen LogP contribution in [0, 0.1) is 11.8 Å². The molecule has 2 heterocycles. The van der Waals surface area contributed by atoms with Gasteiger partial charge in [-0.15, -0.1) is 11.8 Å². The van der Waals surface area contributed by atoms with Crippen molar-refractivity contribution in [1.82, 2.24) is 20.4 Å². The molecule has 0 bridgehead atoms. The Balaban J connectivity index is 1.16. The van der Waals surface area contributed by atoms with Gasteiger partial charge in [0.25, 0.3) is 0 Å². The van der Waals surface area contributed by atoms with Gasteiger partial charge in [-0.25, -0.2) is 0 Å². The van der Waals surface area contributed by atoms with Crippen molar-refractivity contribution in [3.63, 3.8) is 0 Å². The van der Waals surface area contributed by atoms with Crippen molar-refractivity contribution in [2.75, 3.05) is 24.7 Å². The van der Waals surface area contributed by atoms with Crippen LogP contribution in [0.25, 0.3) is 0 Å². The third kappa shape index (κ3) is 8.22. The number of nitrogens with zero attached hydrogens (tertiary/aromatic N) is 2. The van der Waals surface area contributed by atoms with Crippen LogP contribution in [0.2, 0.25) is 0 Å². The van der Waals surface area contributed by atoms with Gasteiger partial charge in [-0.2, -0.15) is 0 Å². The fourth-order valence-corrected chi connectivity index (χ4v) is 8.59. The van der Waals surface area contributed by atoms with Crippen LogP contribution >= 0.6 is 24.0 Å². The van der Waals surface area contributed by atoms with Crippen molar-refractivity contribution in [3.05, 3.63) is 35.9 Å². The largest absolute Gasteiger partial charge is 0.375 e. The van der Waals surface area contributed by atoms with Crippen LogP contribution in [0.4, 0.5) is 0 Å². The summed E-state index contributed by atoms with van der Waals surface area (Å²) >= 11 is 7.69. The molecule has 2 saturated carbocycles. The molecule has 0 radical (unpaired) electrons. The van der Waals surface area contributed by atoms with Gasteiger partial charge < -0.3 is 15.5 Å². The first-order valence-corrected chi connectivity index (χ1v) is 17.4. The highest BCUT2D eigenvalue weighted by molar-refractivity contribution is 7.99. The summed E-state index contributed by atoms with van der Waals surface area (Å²) in [6.07, 6.45) is 14.9. The van der Waals surface area contributed by atoms with E-state index >= 15 is 0 Å². The molecule has 0 aromatic heterocycles. The van der Waals surface area contributed by atoms with E-state index in [2.05, 4.69) is 45.9 Å². The first-order valence-electron chi connectivity index (χ1n) is 15.8.